The zero-order valence-corrected chi connectivity index (χ0v) is 19.6. The van der Waals surface area contributed by atoms with Crippen LogP contribution in [0.1, 0.15) is 37.7 Å². The Kier molecular flexibility index (Phi) is 6.93. The number of para-hydroxylation sites is 1. The number of carbonyl (C=O) groups is 1. The van der Waals surface area contributed by atoms with E-state index in [2.05, 4.69) is 46.5 Å². The largest absolute Gasteiger partial charge is 0.451 e. The van der Waals surface area contributed by atoms with Gasteiger partial charge in [-0.1, -0.05) is 30.8 Å². The molecule has 2 N–H and O–H groups in total. The predicted octanol–water partition coefficient (Wildman–Crippen LogP) is 3.69. The summed E-state index contributed by atoms with van der Waals surface area (Å²) in [5.41, 5.74) is 0.838. The first-order valence-corrected chi connectivity index (χ1v) is 11.9. The number of hydrogen-bond donors (Lipinski definition) is 2. The Bertz CT molecular complexity index is 1350. The van der Waals surface area contributed by atoms with Crippen LogP contribution < -0.4 is 16.1 Å². The standard InChI is InChI=1S/C23H26N6O3S/c1-4-11-33-23-27-20(26-14(2)3)16-13-25-29(21(16)28-23)10-9-24-22(31)19-12-17(30)15-7-5-6-8-18(15)32-19/h5-8,12-14H,4,9-11H2,1-3H3,(H,24,31)(H,26,27,28). The molecule has 1 amide bonds. The second kappa shape index (κ2) is 10.0. The molecule has 4 aromatic rings. The molecule has 0 atom stereocenters. The maximum Gasteiger partial charge on any atom is 0.287 e. The van der Waals surface area contributed by atoms with Crippen LogP contribution in [0.3, 0.4) is 0 Å². The number of aromatic nitrogens is 4. The zero-order chi connectivity index (χ0) is 23.4. The third kappa shape index (κ3) is 5.16. The summed E-state index contributed by atoms with van der Waals surface area (Å²) in [6.07, 6.45) is 2.76. The van der Waals surface area contributed by atoms with Crippen LogP contribution in [0.2, 0.25) is 0 Å². The van der Waals surface area contributed by atoms with E-state index in [9.17, 15) is 9.59 Å². The monoisotopic (exact) mass is 466 g/mol. The molecule has 0 radical (unpaired) electrons. The average molecular weight is 467 g/mol. The molecular weight excluding hydrogens is 440 g/mol. The third-order valence-corrected chi connectivity index (χ3v) is 5.86. The van der Waals surface area contributed by atoms with Gasteiger partial charge < -0.3 is 15.1 Å². The lowest BCUT2D eigenvalue weighted by Gasteiger charge is -2.12. The van der Waals surface area contributed by atoms with Gasteiger partial charge in [-0.3, -0.25) is 9.59 Å². The molecule has 172 valence electrons. The first kappa shape index (κ1) is 22.8. The molecule has 3 aromatic heterocycles. The number of carbonyl (C=O) groups excluding carboxylic acids is 1. The number of nitrogens with zero attached hydrogens (tertiary/aromatic N) is 4. The van der Waals surface area contributed by atoms with Gasteiger partial charge in [-0.2, -0.15) is 5.10 Å². The van der Waals surface area contributed by atoms with E-state index in [4.69, 9.17) is 4.42 Å². The fraction of sp³-hybridized carbons (Fsp3) is 0.348. The molecule has 0 aliphatic carbocycles. The molecule has 0 unspecified atom stereocenters. The van der Waals surface area contributed by atoms with Crippen LogP contribution in [0, 0.1) is 0 Å². The van der Waals surface area contributed by atoms with Crippen molar-refractivity contribution < 1.29 is 9.21 Å². The zero-order valence-electron chi connectivity index (χ0n) is 18.8. The predicted molar refractivity (Wildman–Crippen MR) is 130 cm³/mol. The Morgan fingerprint density at radius 1 is 1.21 bits per heavy atom. The summed E-state index contributed by atoms with van der Waals surface area (Å²) in [4.78, 5) is 34.1. The van der Waals surface area contributed by atoms with Crippen molar-refractivity contribution in [3.05, 3.63) is 52.5 Å². The molecule has 3 heterocycles. The van der Waals surface area contributed by atoms with Gasteiger partial charge in [-0.15, -0.1) is 0 Å². The molecule has 10 heteroatoms. The molecule has 0 aliphatic heterocycles. The van der Waals surface area contributed by atoms with Crippen LogP contribution in [-0.2, 0) is 6.54 Å². The summed E-state index contributed by atoms with van der Waals surface area (Å²) in [7, 11) is 0. The maximum atomic E-state index is 12.6. The van der Waals surface area contributed by atoms with Gasteiger partial charge in [0.05, 0.1) is 23.5 Å². The lowest BCUT2D eigenvalue weighted by Crippen LogP contribution is -2.28. The highest BCUT2D eigenvalue weighted by Gasteiger charge is 2.15. The Morgan fingerprint density at radius 3 is 2.82 bits per heavy atom. The van der Waals surface area contributed by atoms with Gasteiger partial charge in [0, 0.05) is 24.4 Å². The Morgan fingerprint density at radius 2 is 2.03 bits per heavy atom. The molecule has 4 rings (SSSR count). The van der Waals surface area contributed by atoms with E-state index in [0.717, 1.165) is 23.4 Å². The average Bonchev–Trinajstić information content (AvgIpc) is 3.20. The SMILES string of the molecule is CCCSc1nc(NC(C)C)c2cnn(CCNC(=O)c3cc(=O)c4ccccc4o3)c2n1. The van der Waals surface area contributed by atoms with Crippen LogP contribution >= 0.6 is 11.8 Å². The van der Waals surface area contributed by atoms with Crippen molar-refractivity contribution in [1.29, 1.82) is 0 Å². The summed E-state index contributed by atoms with van der Waals surface area (Å²) in [6.45, 7) is 6.92. The van der Waals surface area contributed by atoms with Gasteiger partial charge >= 0.3 is 0 Å². The number of fused-ring (bicyclic) bond motifs is 2. The molecule has 0 saturated carbocycles. The van der Waals surface area contributed by atoms with E-state index in [1.54, 1.807) is 46.9 Å². The second-order valence-corrected chi connectivity index (χ2v) is 8.90. The number of rotatable bonds is 9. The second-order valence-electron chi connectivity index (χ2n) is 7.83. The van der Waals surface area contributed by atoms with Crippen LogP contribution in [-0.4, -0.2) is 44.0 Å². The molecule has 9 nitrogen and oxygen atoms in total. The lowest BCUT2D eigenvalue weighted by atomic mass is 10.2. The maximum absolute atomic E-state index is 12.6. The molecular formula is C23H26N6O3S. The molecule has 0 fully saturated rings. The Hall–Kier alpha value is -3.40. The fourth-order valence-electron chi connectivity index (χ4n) is 3.32. The Labute approximate surface area is 195 Å². The van der Waals surface area contributed by atoms with Crippen molar-refractivity contribution in [3.63, 3.8) is 0 Å². The van der Waals surface area contributed by atoms with Crippen molar-refractivity contribution in [2.75, 3.05) is 17.6 Å². The van der Waals surface area contributed by atoms with Crippen molar-refractivity contribution in [2.45, 2.75) is 44.9 Å². The molecule has 1 aromatic carbocycles. The van der Waals surface area contributed by atoms with E-state index >= 15 is 0 Å². The highest BCUT2D eigenvalue weighted by Crippen LogP contribution is 2.25. The first-order valence-electron chi connectivity index (χ1n) is 10.9. The molecule has 0 spiro atoms. The highest BCUT2D eigenvalue weighted by atomic mass is 32.2. The molecule has 0 saturated heterocycles. The van der Waals surface area contributed by atoms with Crippen LogP contribution in [0.4, 0.5) is 5.82 Å². The van der Waals surface area contributed by atoms with E-state index in [0.29, 0.717) is 34.9 Å². The summed E-state index contributed by atoms with van der Waals surface area (Å²) in [5, 5.41) is 12.6. The summed E-state index contributed by atoms with van der Waals surface area (Å²) >= 11 is 1.60. The third-order valence-electron chi connectivity index (χ3n) is 4.80. The number of anilines is 1. The van der Waals surface area contributed by atoms with Crippen molar-refractivity contribution in [2.24, 2.45) is 0 Å². The van der Waals surface area contributed by atoms with E-state index in [1.165, 1.54) is 6.07 Å². The minimum atomic E-state index is -0.453. The topological polar surface area (TPSA) is 115 Å². The number of thioether (sulfide) groups is 1. The Balaban J connectivity index is 1.51. The van der Waals surface area contributed by atoms with Crippen LogP contribution in [0.15, 0.2) is 50.9 Å². The van der Waals surface area contributed by atoms with Crippen LogP contribution in [0.25, 0.3) is 22.0 Å². The number of hydrogen-bond acceptors (Lipinski definition) is 8. The fourth-order valence-corrected chi connectivity index (χ4v) is 4.01. The normalized spacial score (nSPS) is 11.4. The molecule has 0 bridgehead atoms. The van der Waals surface area contributed by atoms with Gasteiger partial charge in [0.15, 0.2) is 22.0 Å². The van der Waals surface area contributed by atoms with Crippen molar-refractivity contribution in [1.82, 2.24) is 25.1 Å². The van der Waals surface area contributed by atoms with Crippen molar-refractivity contribution in [3.8, 4) is 0 Å². The number of nitrogens with one attached hydrogen (secondary N) is 2. The molecule has 0 aliphatic rings. The molecule has 33 heavy (non-hydrogen) atoms. The van der Waals surface area contributed by atoms with Crippen molar-refractivity contribution >= 4 is 45.5 Å². The summed E-state index contributed by atoms with van der Waals surface area (Å²) < 4.78 is 7.35. The minimum absolute atomic E-state index is 0.0204. The van der Waals surface area contributed by atoms with E-state index < -0.39 is 5.91 Å². The van der Waals surface area contributed by atoms with Crippen LogP contribution in [0.5, 0.6) is 0 Å². The van der Waals surface area contributed by atoms with Gasteiger partial charge in [0.2, 0.25) is 0 Å². The number of benzene rings is 1. The van der Waals surface area contributed by atoms with Gasteiger partial charge in [0.1, 0.15) is 11.4 Å². The van der Waals surface area contributed by atoms with Gasteiger partial charge in [-0.05, 0) is 32.4 Å². The quantitative estimate of drug-likeness (QED) is 0.284. The summed E-state index contributed by atoms with van der Waals surface area (Å²) in [5.74, 6) is 1.20. The van der Waals surface area contributed by atoms with Gasteiger partial charge in [-0.25, -0.2) is 14.6 Å². The van der Waals surface area contributed by atoms with E-state index in [-0.39, 0.29) is 17.2 Å². The van der Waals surface area contributed by atoms with Gasteiger partial charge in [0.25, 0.3) is 5.91 Å². The minimum Gasteiger partial charge on any atom is -0.451 e. The smallest absolute Gasteiger partial charge is 0.287 e. The summed E-state index contributed by atoms with van der Waals surface area (Å²) in [6, 6.07) is 8.28. The van der Waals surface area contributed by atoms with E-state index in [1.807, 2.05) is 0 Å². The lowest BCUT2D eigenvalue weighted by molar-refractivity contribution is 0.0925. The number of amides is 1. The highest BCUT2D eigenvalue weighted by molar-refractivity contribution is 7.99. The first-order chi connectivity index (χ1) is 16.0.